The number of rotatable bonds is 6. The largest absolute Gasteiger partial charge is 0.397 e. The van der Waals surface area contributed by atoms with Gasteiger partial charge in [-0.15, -0.1) is 0 Å². The minimum Gasteiger partial charge on any atom is -0.397 e. The maximum atomic E-state index is 12.7. The van der Waals surface area contributed by atoms with Crippen LogP contribution in [0.5, 0.6) is 0 Å². The van der Waals surface area contributed by atoms with E-state index in [1.807, 2.05) is 25.1 Å². The number of hydrogen-bond acceptors (Lipinski definition) is 4. The van der Waals surface area contributed by atoms with E-state index in [0.29, 0.717) is 33.2 Å². The molecule has 0 saturated carbocycles. The van der Waals surface area contributed by atoms with Crippen LogP contribution in [-0.4, -0.2) is 18.2 Å². The molecule has 0 spiro atoms. The van der Waals surface area contributed by atoms with Crippen LogP contribution in [0.4, 0.5) is 17.1 Å². The normalized spacial score (nSPS) is 10.4. The molecule has 0 bridgehead atoms. The Labute approximate surface area is 168 Å². The van der Waals surface area contributed by atoms with Crippen molar-refractivity contribution in [1.29, 1.82) is 0 Å². The summed E-state index contributed by atoms with van der Waals surface area (Å²) in [6.45, 7) is 1.92. The monoisotopic (exact) mass is 393 g/mol. The Morgan fingerprint density at radius 1 is 0.964 bits per heavy atom. The molecule has 3 aromatic carbocycles. The molecule has 1 amide bonds. The fraction of sp³-hybridized carbons (Fsp3) is 0.0909. The molecule has 6 heteroatoms. The lowest BCUT2D eigenvalue weighted by Gasteiger charge is -2.11. The molecule has 0 saturated heterocycles. The number of amides is 1. The molecule has 4 N–H and O–H groups in total. The van der Waals surface area contributed by atoms with Crippen molar-refractivity contribution in [2.45, 2.75) is 6.92 Å². The Balaban J connectivity index is 1.66. The molecule has 5 nitrogen and oxygen atoms in total. The molecule has 0 aromatic heterocycles. The molecule has 3 rings (SSSR count). The van der Waals surface area contributed by atoms with E-state index in [-0.39, 0.29) is 18.2 Å². The first-order chi connectivity index (χ1) is 13.5. The Kier molecular flexibility index (Phi) is 5.96. The van der Waals surface area contributed by atoms with Crippen LogP contribution in [0.2, 0.25) is 5.02 Å². The summed E-state index contributed by atoms with van der Waals surface area (Å²) < 4.78 is 0. The van der Waals surface area contributed by atoms with Crippen LogP contribution in [0.1, 0.15) is 21.5 Å². The van der Waals surface area contributed by atoms with Crippen molar-refractivity contribution in [2.24, 2.45) is 0 Å². The van der Waals surface area contributed by atoms with E-state index in [4.69, 9.17) is 17.3 Å². The molecule has 0 aliphatic heterocycles. The van der Waals surface area contributed by atoms with Crippen LogP contribution < -0.4 is 16.4 Å². The van der Waals surface area contributed by atoms with Crippen LogP contribution in [0, 0.1) is 6.92 Å². The van der Waals surface area contributed by atoms with Gasteiger partial charge in [0.05, 0.1) is 22.9 Å². The number of aryl methyl sites for hydroxylation is 1. The Morgan fingerprint density at radius 3 is 2.39 bits per heavy atom. The Morgan fingerprint density at radius 2 is 1.68 bits per heavy atom. The van der Waals surface area contributed by atoms with Gasteiger partial charge < -0.3 is 16.4 Å². The second kappa shape index (κ2) is 8.59. The van der Waals surface area contributed by atoms with Crippen LogP contribution in [0.15, 0.2) is 66.7 Å². The SMILES string of the molecule is Cc1ccccc1C(=O)c1ccc(NCC(=O)Nc2ccccc2N)cc1Cl. The lowest BCUT2D eigenvalue weighted by Crippen LogP contribution is -2.22. The summed E-state index contributed by atoms with van der Waals surface area (Å²) in [5.74, 6) is -0.374. The van der Waals surface area contributed by atoms with Crippen LogP contribution >= 0.6 is 11.6 Å². The number of nitrogen functional groups attached to an aromatic ring is 1. The molecular weight excluding hydrogens is 374 g/mol. The molecule has 0 radical (unpaired) electrons. The van der Waals surface area contributed by atoms with Crippen molar-refractivity contribution in [3.63, 3.8) is 0 Å². The van der Waals surface area contributed by atoms with Crippen LogP contribution in [-0.2, 0) is 4.79 Å². The Bertz CT molecular complexity index is 1030. The van der Waals surface area contributed by atoms with Crippen molar-refractivity contribution in [3.05, 3.63) is 88.4 Å². The quantitative estimate of drug-likeness (QED) is 0.425. The zero-order valence-electron chi connectivity index (χ0n) is 15.3. The minimum atomic E-state index is -0.242. The summed E-state index contributed by atoms with van der Waals surface area (Å²) in [6.07, 6.45) is 0. The number of carbonyl (C=O) groups is 2. The molecule has 0 unspecified atom stereocenters. The van der Waals surface area contributed by atoms with E-state index in [0.717, 1.165) is 5.56 Å². The van der Waals surface area contributed by atoms with Gasteiger partial charge >= 0.3 is 0 Å². The standard InChI is InChI=1S/C22H20ClN3O2/c1-14-6-2-3-7-16(14)22(28)17-11-10-15(12-18(17)23)25-13-21(27)26-20-9-5-4-8-19(20)24/h2-12,25H,13,24H2,1H3,(H,26,27). The first-order valence-corrected chi connectivity index (χ1v) is 9.11. The van der Waals surface area contributed by atoms with E-state index in [1.54, 1.807) is 48.5 Å². The zero-order valence-corrected chi connectivity index (χ0v) is 16.1. The molecule has 0 aliphatic rings. The molecular formula is C22H20ClN3O2. The van der Waals surface area contributed by atoms with Gasteiger partial charge in [-0.2, -0.15) is 0 Å². The van der Waals surface area contributed by atoms with Gasteiger partial charge in [0.15, 0.2) is 5.78 Å². The van der Waals surface area contributed by atoms with Crippen LogP contribution in [0.25, 0.3) is 0 Å². The highest BCUT2D eigenvalue weighted by Crippen LogP contribution is 2.25. The number of hydrogen-bond donors (Lipinski definition) is 3. The third-order valence-electron chi connectivity index (χ3n) is 4.29. The second-order valence-corrected chi connectivity index (χ2v) is 6.73. The van der Waals surface area contributed by atoms with Crippen molar-refractivity contribution in [3.8, 4) is 0 Å². The fourth-order valence-corrected chi connectivity index (χ4v) is 3.04. The van der Waals surface area contributed by atoms with E-state index in [2.05, 4.69) is 10.6 Å². The average molecular weight is 394 g/mol. The average Bonchev–Trinajstić information content (AvgIpc) is 2.68. The van der Waals surface area contributed by atoms with Gasteiger partial charge in [-0.25, -0.2) is 0 Å². The highest BCUT2D eigenvalue weighted by molar-refractivity contribution is 6.35. The van der Waals surface area contributed by atoms with Crippen molar-refractivity contribution in [2.75, 3.05) is 22.9 Å². The molecule has 28 heavy (non-hydrogen) atoms. The lowest BCUT2D eigenvalue weighted by atomic mass is 9.99. The highest BCUT2D eigenvalue weighted by Gasteiger charge is 2.15. The van der Waals surface area contributed by atoms with Crippen molar-refractivity contribution < 1.29 is 9.59 Å². The minimum absolute atomic E-state index is 0.0375. The van der Waals surface area contributed by atoms with Gasteiger partial charge in [0.1, 0.15) is 0 Å². The number of anilines is 3. The zero-order chi connectivity index (χ0) is 20.1. The van der Waals surface area contributed by atoms with Gasteiger partial charge in [0.2, 0.25) is 5.91 Å². The molecule has 0 fully saturated rings. The number of ketones is 1. The van der Waals surface area contributed by atoms with Gasteiger partial charge in [-0.05, 0) is 42.8 Å². The first-order valence-electron chi connectivity index (χ1n) is 8.74. The van der Waals surface area contributed by atoms with Crippen molar-refractivity contribution in [1.82, 2.24) is 0 Å². The van der Waals surface area contributed by atoms with E-state index >= 15 is 0 Å². The van der Waals surface area contributed by atoms with E-state index in [9.17, 15) is 9.59 Å². The molecule has 0 aliphatic carbocycles. The Hall–Kier alpha value is -3.31. The molecule has 0 heterocycles. The van der Waals surface area contributed by atoms with Gasteiger partial charge in [0.25, 0.3) is 0 Å². The topological polar surface area (TPSA) is 84.2 Å². The van der Waals surface area contributed by atoms with Crippen molar-refractivity contribution >= 4 is 40.4 Å². The third kappa shape index (κ3) is 4.50. The summed E-state index contributed by atoms with van der Waals surface area (Å²) in [5, 5.41) is 6.06. The second-order valence-electron chi connectivity index (χ2n) is 6.33. The van der Waals surface area contributed by atoms with E-state index < -0.39 is 0 Å². The highest BCUT2D eigenvalue weighted by atomic mass is 35.5. The summed E-state index contributed by atoms with van der Waals surface area (Å²) in [4.78, 5) is 24.8. The maximum absolute atomic E-state index is 12.7. The first kappa shape index (κ1) is 19.5. The number of carbonyl (C=O) groups excluding carboxylic acids is 2. The lowest BCUT2D eigenvalue weighted by molar-refractivity contribution is -0.114. The van der Waals surface area contributed by atoms with Crippen LogP contribution in [0.3, 0.4) is 0 Å². The number of nitrogens with one attached hydrogen (secondary N) is 2. The van der Waals surface area contributed by atoms with E-state index in [1.165, 1.54) is 0 Å². The number of halogens is 1. The summed E-state index contributed by atoms with van der Waals surface area (Å²) in [7, 11) is 0. The van der Waals surface area contributed by atoms with Gasteiger partial charge in [-0.1, -0.05) is 48.0 Å². The molecule has 3 aromatic rings. The fourth-order valence-electron chi connectivity index (χ4n) is 2.77. The third-order valence-corrected chi connectivity index (χ3v) is 4.60. The molecule has 0 atom stereocenters. The van der Waals surface area contributed by atoms with Gasteiger partial charge in [0, 0.05) is 16.8 Å². The predicted octanol–water partition coefficient (Wildman–Crippen LogP) is 4.51. The summed E-state index contributed by atoms with van der Waals surface area (Å²) >= 11 is 6.31. The number of benzene rings is 3. The number of nitrogens with two attached hydrogens (primary N) is 1. The summed E-state index contributed by atoms with van der Waals surface area (Å²) in [6, 6.07) is 19.4. The predicted molar refractivity (Wildman–Crippen MR) is 114 cm³/mol. The number of para-hydroxylation sites is 2. The smallest absolute Gasteiger partial charge is 0.243 e. The maximum Gasteiger partial charge on any atom is 0.243 e. The summed E-state index contributed by atoms with van der Waals surface area (Å²) in [5.41, 5.74) is 9.44. The van der Waals surface area contributed by atoms with Gasteiger partial charge in [-0.3, -0.25) is 9.59 Å². The molecule has 142 valence electrons.